The Morgan fingerprint density at radius 3 is 2.39 bits per heavy atom. The number of pyridine rings is 1. The van der Waals surface area contributed by atoms with Crippen molar-refractivity contribution in [2.24, 2.45) is 0 Å². The average molecular weight is 244 g/mol. The van der Waals surface area contributed by atoms with Crippen molar-refractivity contribution < 1.29 is 4.52 Å². The molecule has 3 aromatic heterocycles. The van der Waals surface area contributed by atoms with Gasteiger partial charge in [-0.2, -0.15) is 0 Å². The summed E-state index contributed by atoms with van der Waals surface area (Å²) in [6.07, 6.45) is 6.79. The predicted octanol–water partition coefficient (Wildman–Crippen LogP) is 1.75. The van der Waals surface area contributed by atoms with E-state index in [1.807, 2.05) is 25.3 Å². The SMILES string of the molecule is Cc1cc(-c2ccncc2)c[nH]1.O=c1[nH]cno1. The molecule has 0 aliphatic carbocycles. The highest BCUT2D eigenvalue weighted by molar-refractivity contribution is 5.62. The van der Waals surface area contributed by atoms with Crippen LogP contribution in [0.15, 0.2) is 52.4 Å². The van der Waals surface area contributed by atoms with Gasteiger partial charge in [0.25, 0.3) is 0 Å². The first-order valence-electron chi connectivity index (χ1n) is 5.30. The summed E-state index contributed by atoms with van der Waals surface area (Å²) in [6, 6.07) is 6.13. The van der Waals surface area contributed by atoms with Gasteiger partial charge in [0, 0.05) is 24.3 Å². The summed E-state index contributed by atoms with van der Waals surface area (Å²) < 4.78 is 3.97. The molecule has 6 heteroatoms. The van der Waals surface area contributed by atoms with Crippen LogP contribution in [0.3, 0.4) is 0 Å². The van der Waals surface area contributed by atoms with E-state index in [4.69, 9.17) is 0 Å². The lowest BCUT2D eigenvalue weighted by atomic mass is 10.1. The van der Waals surface area contributed by atoms with Crippen molar-refractivity contribution in [1.29, 1.82) is 0 Å². The molecule has 3 aromatic rings. The number of hydrogen-bond acceptors (Lipinski definition) is 4. The highest BCUT2D eigenvalue weighted by atomic mass is 16.5. The van der Waals surface area contributed by atoms with E-state index >= 15 is 0 Å². The smallest absolute Gasteiger partial charge is 0.365 e. The van der Waals surface area contributed by atoms with Crippen LogP contribution in [0.2, 0.25) is 0 Å². The van der Waals surface area contributed by atoms with E-state index in [2.05, 4.69) is 30.7 Å². The molecular weight excluding hydrogens is 232 g/mol. The van der Waals surface area contributed by atoms with E-state index in [1.54, 1.807) is 12.4 Å². The molecule has 0 spiro atoms. The monoisotopic (exact) mass is 244 g/mol. The Balaban J connectivity index is 0.000000169. The molecule has 0 radical (unpaired) electrons. The molecular formula is C12H12N4O2. The molecule has 0 unspecified atom stereocenters. The Morgan fingerprint density at radius 1 is 1.17 bits per heavy atom. The van der Waals surface area contributed by atoms with Gasteiger partial charge in [-0.05, 0) is 36.2 Å². The van der Waals surface area contributed by atoms with Crippen molar-refractivity contribution in [2.45, 2.75) is 6.92 Å². The van der Waals surface area contributed by atoms with E-state index < -0.39 is 5.76 Å². The van der Waals surface area contributed by atoms with Crippen LogP contribution in [0.1, 0.15) is 5.69 Å². The third-order valence-corrected chi connectivity index (χ3v) is 2.21. The number of hydrogen-bond donors (Lipinski definition) is 2. The number of nitrogens with one attached hydrogen (secondary N) is 2. The van der Waals surface area contributed by atoms with Crippen LogP contribution in [-0.4, -0.2) is 20.1 Å². The summed E-state index contributed by atoms with van der Waals surface area (Å²) in [7, 11) is 0. The zero-order valence-corrected chi connectivity index (χ0v) is 9.75. The summed E-state index contributed by atoms with van der Waals surface area (Å²) in [6.45, 7) is 2.05. The molecule has 0 aliphatic rings. The largest absolute Gasteiger partial charge is 0.438 e. The van der Waals surface area contributed by atoms with Crippen LogP contribution in [0.4, 0.5) is 0 Å². The standard InChI is InChI=1S/C10H10N2.C2H2N2O2/c1-8-6-10(7-12-8)9-2-4-11-5-3-9;5-2-3-1-4-6-2/h2-7,12H,1H3;1H,(H,3,4,5). The quantitative estimate of drug-likeness (QED) is 0.682. The fraction of sp³-hybridized carbons (Fsp3) is 0.0833. The topological polar surface area (TPSA) is 87.6 Å². The molecule has 0 atom stereocenters. The molecule has 0 saturated carbocycles. The van der Waals surface area contributed by atoms with Gasteiger partial charge in [-0.25, -0.2) is 4.79 Å². The average Bonchev–Trinajstić information content (AvgIpc) is 3.03. The zero-order valence-electron chi connectivity index (χ0n) is 9.75. The van der Waals surface area contributed by atoms with Gasteiger partial charge >= 0.3 is 5.76 Å². The van der Waals surface area contributed by atoms with E-state index in [-0.39, 0.29) is 0 Å². The first kappa shape index (κ1) is 11.8. The van der Waals surface area contributed by atoms with Crippen molar-refractivity contribution in [3.63, 3.8) is 0 Å². The molecule has 3 heterocycles. The molecule has 2 N–H and O–H groups in total. The number of aromatic nitrogens is 4. The van der Waals surface area contributed by atoms with Gasteiger partial charge < -0.3 is 4.98 Å². The van der Waals surface area contributed by atoms with Crippen molar-refractivity contribution in [3.8, 4) is 11.1 Å². The molecule has 0 saturated heterocycles. The number of H-pyrrole nitrogens is 2. The third-order valence-electron chi connectivity index (χ3n) is 2.21. The van der Waals surface area contributed by atoms with Gasteiger partial charge in [0.1, 0.15) is 6.33 Å². The van der Waals surface area contributed by atoms with Crippen LogP contribution in [0.25, 0.3) is 11.1 Å². The number of aryl methyl sites for hydroxylation is 1. The number of nitrogens with zero attached hydrogens (tertiary/aromatic N) is 2. The van der Waals surface area contributed by atoms with Crippen LogP contribution in [0, 0.1) is 6.92 Å². The summed E-state index contributed by atoms with van der Waals surface area (Å²) >= 11 is 0. The highest BCUT2D eigenvalue weighted by Crippen LogP contribution is 2.18. The summed E-state index contributed by atoms with van der Waals surface area (Å²) in [5.74, 6) is -0.519. The van der Waals surface area contributed by atoms with Gasteiger partial charge in [-0.15, -0.1) is 0 Å². The maximum Gasteiger partial charge on any atom is 0.438 e. The lowest BCUT2D eigenvalue weighted by molar-refractivity contribution is 0.386. The van der Waals surface area contributed by atoms with E-state index in [0.29, 0.717) is 0 Å². The van der Waals surface area contributed by atoms with Crippen molar-refractivity contribution in [3.05, 3.63) is 59.4 Å². The van der Waals surface area contributed by atoms with Crippen LogP contribution >= 0.6 is 0 Å². The van der Waals surface area contributed by atoms with Gasteiger partial charge in [-0.1, -0.05) is 5.16 Å². The maximum atomic E-state index is 9.78. The van der Waals surface area contributed by atoms with E-state index in [9.17, 15) is 4.79 Å². The zero-order chi connectivity index (χ0) is 12.8. The second-order valence-corrected chi connectivity index (χ2v) is 3.56. The molecule has 0 aliphatic heterocycles. The third kappa shape index (κ3) is 3.18. The van der Waals surface area contributed by atoms with Crippen molar-refractivity contribution in [2.75, 3.05) is 0 Å². The predicted molar refractivity (Wildman–Crippen MR) is 65.9 cm³/mol. The minimum atomic E-state index is -0.519. The van der Waals surface area contributed by atoms with E-state index in [0.717, 1.165) is 0 Å². The first-order valence-corrected chi connectivity index (χ1v) is 5.30. The van der Waals surface area contributed by atoms with Crippen molar-refractivity contribution in [1.82, 2.24) is 20.1 Å². The molecule has 0 bridgehead atoms. The fourth-order valence-corrected chi connectivity index (χ4v) is 1.40. The minimum Gasteiger partial charge on any atom is -0.365 e. The second-order valence-electron chi connectivity index (χ2n) is 3.56. The summed E-state index contributed by atoms with van der Waals surface area (Å²) in [4.78, 5) is 19.1. The number of aromatic amines is 2. The molecule has 92 valence electrons. The lowest BCUT2D eigenvalue weighted by Crippen LogP contribution is -1.92. The Morgan fingerprint density at radius 2 is 1.94 bits per heavy atom. The summed E-state index contributed by atoms with van der Waals surface area (Å²) in [5.41, 5.74) is 3.60. The second kappa shape index (κ2) is 5.62. The molecule has 0 aromatic carbocycles. The molecule has 6 nitrogen and oxygen atoms in total. The molecule has 0 amide bonds. The van der Waals surface area contributed by atoms with Crippen LogP contribution < -0.4 is 5.76 Å². The van der Waals surface area contributed by atoms with Gasteiger partial charge in [-0.3, -0.25) is 14.5 Å². The van der Waals surface area contributed by atoms with Crippen LogP contribution in [0.5, 0.6) is 0 Å². The highest BCUT2D eigenvalue weighted by Gasteiger charge is 1.96. The maximum absolute atomic E-state index is 9.78. The van der Waals surface area contributed by atoms with Crippen molar-refractivity contribution >= 4 is 0 Å². The fourth-order valence-electron chi connectivity index (χ4n) is 1.40. The van der Waals surface area contributed by atoms with E-state index in [1.165, 1.54) is 23.1 Å². The Kier molecular flexibility index (Phi) is 3.70. The number of rotatable bonds is 1. The van der Waals surface area contributed by atoms with Gasteiger partial charge in [0.2, 0.25) is 0 Å². The molecule has 18 heavy (non-hydrogen) atoms. The Bertz CT molecular complexity index is 622. The van der Waals surface area contributed by atoms with Gasteiger partial charge in [0.15, 0.2) is 0 Å². The normalized spacial score (nSPS) is 9.61. The molecule has 3 rings (SSSR count). The minimum absolute atomic E-state index is 0.519. The molecule has 0 fully saturated rings. The first-order chi connectivity index (χ1) is 8.75. The van der Waals surface area contributed by atoms with Crippen LogP contribution in [-0.2, 0) is 0 Å². The summed E-state index contributed by atoms with van der Waals surface area (Å²) in [5, 5.41) is 3.08. The van der Waals surface area contributed by atoms with Gasteiger partial charge in [0.05, 0.1) is 0 Å². The lowest BCUT2D eigenvalue weighted by Gasteiger charge is -1.93. The Labute approximate surface area is 103 Å². The Hall–Kier alpha value is -2.63.